The molecule has 166 valence electrons. The number of carbonyl (C=O) groups excluding carboxylic acids is 1. The Labute approximate surface area is 186 Å². The van der Waals surface area contributed by atoms with Crippen molar-refractivity contribution in [2.75, 3.05) is 6.54 Å². The molecule has 0 aliphatic carbocycles. The summed E-state index contributed by atoms with van der Waals surface area (Å²) in [5, 5.41) is 21.6. The number of non-ortho nitro benzene ring substituents is 1. The Balaban J connectivity index is 1.33. The first-order valence-electron chi connectivity index (χ1n) is 10.8. The van der Waals surface area contributed by atoms with Crippen molar-refractivity contribution < 1.29 is 9.72 Å². The lowest BCUT2D eigenvalue weighted by Gasteiger charge is -2.33. The number of likely N-dealkylation sites (tertiary alicyclic amines) is 1. The fraction of sp³-hybridized carbons (Fsp3) is 0.348. The van der Waals surface area contributed by atoms with E-state index in [9.17, 15) is 14.9 Å². The van der Waals surface area contributed by atoms with Crippen LogP contribution in [0.5, 0.6) is 0 Å². The zero-order chi connectivity index (χ0) is 22.5. The molecule has 32 heavy (non-hydrogen) atoms. The van der Waals surface area contributed by atoms with E-state index in [1.807, 2.05) is 12.1 Å². The van der Waals surface area contributed by atoms with Crippen molar-refractivity contribution in [2.45, 2.75) is 45.3 Å². The van der Waals surface area contributed by atoms with Gasteiger partial charge in [-0.15, -0.1) is 5.10 Å². The maximum Gasteiger partial charge on any atom is 0.273 e. The van der Waals surface area contributed by atoms with E-state index in [0.717, 1.165) is 18.7 Å². The fourth-order valence-electron chi connectivity index (χ4n) is 3.91. The van der Waals surface area contributed by atoms with Crippen LogP contribution in [-0.2, 0) is 13.1 Å². The zero-order valence-electron chi connectivity index (χ0n) is 18.0. The summed E-state index contributed by atoms with van der Waals surface area (Å²) in [4.78, 5) is 25.4. The molecule has 4 rings (SSSR count). The second kappa shape index (κ2) is 9.69. The molecule has 1 aromatic heterocycles. The monoisotopic (exact) mass is 434 g/mol. The Bertz CT molecular complexity index is 1100. The van der Waals surface area contributed by atoms with Crippen molar-refractivity contribution in [1.82, 2.24) is 25.2 Å². The number of nitro groups is 1. The number of nitrogens with one attached hydrogen (secondary N) is 1. The molecule has 2 aromatic carbocycles. The van der Waals surface area contributed by atoms with Crippen LogP contribution in [0.3, 0.4) is 0 Å². The first-order chi connectivity index (χ1) is 15.5. The number of hydrogen-bond donors (Lipinski definition) is 1. The summed E-state index contributed by atoms with van der Waals surface area (Å²) in [6, 6.07) is 14.9. The number of hydrogen-bond acceptors (Lipinski definition) is 6. The molecule has 0 bridgehead atoms. The highest BCUT2D eigenvalue weighted by Crippen LogP contribution is 2.19. The molecular weight excluding hydrogens is 408 g/mol. The van der Waals surface area contributed by atoms with Crippen molar-refractivity contribution in [3.63, 3.8) is 0 Å². The average Bonchev–Trinajstić information content (AvgIpc) is 3.30. The number of nitrogens with zero attached hydrogens (tertiary/aromatic N) is 5. The van der Waals surface area contributed by atoms with Gasteiger partial charge >= 0.3 is 0 Å². The maximum atomic E-state index is 12.5. The zero-order valence-corrected chi connectivity index (χ0v) is 18.0. The number of benzene rings is 2. The lowest BCUT2D eigenvalue weighted by Crippen LogP contribution is -2.36. The molecule has 1 fully saturated rings. The van der Waals surface area contributed by atoms with Crippen LogP contribution < -0.4 is 5.32 Å². The Kier molecular flexibility index (Phi) is 6.55. The topological polar surface area (TPSA) is 106 Å². The van der Waals surface area contributed by atoms with Gasteiger partial charge in [-0.25, -0.2) is 4.68 Å². The molecule has 0 spiro atoms. The minimum absolute atomic E-state index is 0.0535. The van der Waals surface area contributed by atoms with E-state index in [1.165, 1.54) is 47.8 Å². The van der Waals surface area contributed by atoms with Gasteiger partial charge in [0.05, 0.1) is 16.8 Å². The van der Waals surface area contributed by atoms with Gasteiger partial charge in [-0.3, -0.25) is 19.8 Å². The molecule has 1 aliphatic heterocycles. The molecule has 1 aliphatic rings. The number of amides is 1. The molecule has 1 saturated heterocycles. The van der Waals surface area contributed by atoms with Crippen LogP contribution in [-0.4, -0.2) is 43.3 Å². The SMILES string of the molecule is CC1CCCCN1Cc1ccc(CNC(=O)c2cn(-c3cccc([N+](=O)[O-])c3)nn2)cc1. The summed E-state index contributed by atoms with van der Waals surface area (Å²) >= 11 is 0. The van der Waals surface area contributed by atoms with Crippen LogP contribution in [0.1, 0.15) is 47.8 Å². The van der Waals surface area contributed by atoms with Crippen LogP contribution >= 0.6 is 0 Å². The lowest BCUT2D eigenvalue weighted by molar-refractivity contribution is -0.384. The van der Waals surface area contributed by atoms with E-state index in [2.05, 4.69) is 39.6 Å². The van der Waals surface area contributed by atoms with Crippen molar-refractivity contribution >= 4 is 11.6 Å². The summed E-state index contributed by atoms with van der Waals surface area (Å²) in [5.41, 5.74) is 2.83. The van der Waals surface area contributed by atoms with E-state index in [0.29, 0.717) is 18.3 Å². The van der Waals surface area contributed by atoms with Gasteiger partial charge in [0.2, 0.25) is 0 Å². The summed E-state index contributed by atoms with van der Waals surface area (Å²) in [6.45, 7) is 4.77. The number of carbonyl (C=O) groups is 1. The van der Waals surface area contributed by atoms with Crippen LogP contribution in [0.2, 0.25) is 0 Å². The maximum absolute atomic E-state index is 12.5. The minimum atomic E-state index is -0.480. The predicted molar refractivity (Wildman–Crippen MR) is 119 cm³/mol. The fourth-order valence-corrected chi connectivity index (χ4v) is 3.91. The minimum Gasteiger partial charge on any atom is -0.347 e. The van der Waals surface area contributed by atoms with Gasteiger partial charge in [-0.1, -0.05) is 42.0 Å². The number of rotatable bonds is 7. The Morgan fingerprint density at radius 1 is 1.19 bits per heavy atom. The normalized spacial score (nSPS) is 16.6. The molecule has 9 nitrogen and oxygen atoms in total. The molecule has 0 radical (unpaired) electrons. The third-order valence-corrected chi connectivity index (χ3v) is 5.83. The van der Waals surface area contributed by atoms with Crippen molar-refractivity contribution in [3.8, 4) is 5.69 Å². The third-order valence-electron chi connectivity index (χ3n) is 5.83. The van der Waals surface area contributed by atoms with E-state index in [-0.39, 0.29) is 17.3 Å². The number of nitro benzene ring substituents is 1. The molecule has 3 aromatic rings. The molecule has 2 heterocycles. The van der Waals surface area contributed by atoms with Crippen LogP contribution in [0.4, 0.5) is 5.69 Å². The number of aromatic nitrogens is 3. The first kappa shape index (κ1) is 21.6. The molecule has 1 atom stereocenters. The Morgan fingerprint density at radius 2 is 1.97 bits per heavy atom. The van der Waals surface area contributed by atoms with Gasteiger partial charge in [-0.2, -0.15) is 0 Å². The predicted octanol–water partition coefficient (Wildman–Crippen LogP) is 3.48. The third kappa shape index (κ3) is 5.17. The van der Waals surface area contributed by atoms with Crippen LogP contribution in [0.15, 0.2) is 54.7 Å². The van der Waals surface area contributed by atoms with E-state index < -0.39 is 4.92 Å². The van der Waals surface area contributed by atoms with Crippen molar-refractivity contribution in [2.24, 2.45) is 0 Å². The lowest BCUT2D eigenvalue weighted by atomic mass is 10.0. The van der Waals surface area contributed by atoms with Crippen molar-refractivity contribution in [3.05, 3.63) is 81.7 Å². The average molecular weight is 435 g/mol. The van der Waals surface area contributed by atoms with Gasteiger partial charge in [0.25, 0.3) is 11.6 Å². The summed E-state index contributed by atoms with van der Waals surface area (Å²) in [7, 11) is 0. The van der Waals surface area contributed by atoms with E-state index in [4.69, 9.17) is 0 Å². The van der Waals surface area contributed by atoms with Gasteiger partial charge in [0.15, 0.2) is 5.69 Å². The highest BCUT2D eigenvalue weighted by Gasteiger charge is 2.18. The second-order valence-electron chi connectivity index (χ2n) is 8.14. The molecule has 1 unspecified atom stereocenters. The highest BCUT2D eigenvalue weighted by atomic mass is 16.6. The van der Waals surface area contributed by atoms with Gasteiger partial charge in [0, 0.05) is 31.3 Å². The smallest absolute Gasteiger partial charge is 0.273 e. The largest absolute Gasteiger partial charge is 0.347 e. The summed E-state index contributed by atoms with van der Waals surface area (Å²) in [6.07, 6.45) is 5.29. The molecule has 1 N–H and O–H groups in total. The molecule has 9 heteroatoms. The molecule has 0 saturated carbocycles. The van der Waals surface area contributed by atoms with Crippen molar-refractivity contribution in [1.29, 1.82) is 0 Å². The second-order valence-corrected chi connectivity index (χ2v) is 8.14. The number of piperidine rings is 1. The Morgan fingerprint density at radius 3 is 2.72 bits per heavy atom. The van der Waals surface area contributed by atoms with E-state index in [1.54, 1.807) is 12.1 Å². The van der Waals surface area contributed by atoms with Gasteiger partial charge in [0.1, 0.15) is 0 Å². The van der Waals surface area contributed by atoms with Gasteiger partial charge < -0.3 is 5.32 Å². The summed E-state index contributed by atoms with van der Waals surface area (Å²) in [5.74, 6) is -0.354. The molecular formula is C23H26N6O3. The van der Waals surface area contributed by atoms with E-state index >= 15 is 0 Å². The Hall–Kier alpha value is -3.59. The highest BCUT2D eigenvalue weighted by molar-refractivity contribution is 5.91. The van der Waals surface area contributed by atoms with Gasteiger partial charge in [-0.05, 0) is 43.5 Å². The molecule has 1 amide bonds. The van der Waals surface area contributed by atoms with Crippen LogP contribution in [0.25, 0.3) is 5.69 Å². The standard InChI is InChI=1S/C23H26N6O3/c1-17-5-2-3-12-27(17)15-19-10-8-18(9-11-19)14-24-23(30)22-16-28(26-25-22)20-6-4-7-21(13-20)29(31)32/h4,6-11,13,16-17H,2-3,5,12,14-15H2,1H3,(H,24,30). The summed E-state index contributed by atoms with van der Waals surface area (Å²) < 4.78 is 1.35. The first-order valence-corrected chi connectivity index (χ1v) is 10.8. The quantitative estimate of drug-likeness (QED) is 0.451. The van der Waals surface area contributed by atoms with Crippen LogP contribution in [0, 0.1) is 10.1 Å².